The van der Waals surface area contributed by atoms with E-state index in [0.717, 1.165) is 0 Å². The van der Waals surface area contributed by atoms with Gasteiger partial charge in [0.1, 0.15) is 17.6 Å². The van der Waals surface area contributed by atoms with Crippen LogP contribution < -0.4 is 10.6 Å². The fraction of sp³-hybridized carbons (Fsp3) is 0.421. The molecule has 0 radical (unpaired) electrons. The third-order valence-electron chi connectivity index (χ3n) is 4.55. The van der Waals surface area contributed by atoms with E-state index in [1.165, 1.54) is 31.3 Å². The summed E-state index contributed by atoms with van der Waals surface area (Å²) in [4.78, 5) is 27.4. The molecule has 1 heterocycles. The van der Waals surface area contributed by atoms with Crippen molar-refractivity contribution in [3.8, 4) is 0 Å². The summed E-state index contributed by atoms with van der Waals surface area (Å²) in [6.45, 7) is 1.59. The molecule has 1 aliphatic carbocycles. The van der Waals surface area contributed by atoms with Gasteiger partial charge in [-0.2, -0.15) is 0 Å². The monoisotopic (exact) mass is 421 g/mol. The zero-order valence-electron chi connectivity index (χ0n) is 15.8. The van der Waals surface area contributed by atoms with E-state index >= 15 is 0 Å². The second kappa shape index (κ2) is 9.60. The van der Waals surface area contributed by atoms with Crippen molar-refractivity contribution < 1.29 is 18.7 Å². The van der Waals surface area contributed by atoms with E-state index in [2.05, 4.69) is 25.8 Å². The number of halogens is 2. The van der Waals surface area contributed by atoms with Gasteiger partial charge in [-0.05, 0) is 43.9 Å². The van der Waals surface area contributed by atoms with Crippen molar-refractivity contribution in [1.29, 1.82) is 0 Å². The van der Waals surface area contributed by atoms with Gasteiger partial charge in [-0.25, -0.2) is 9.37 Å². The summed E-state index contributed by atoms with van der Waals surface area (Å²) in [6.07, 6.45) is 4.10. The predicted molar refractivity (Wildman–Crippen MR) is 104 cm³/mol. The quantitative estimate of drug-likeness (QED) is 0.690. The van der Waals surface area contributed by atoms with Crippen LogP contribution in [0.4, 0.5) is 16.0 Å². The number of esters is 1. The average Bonchev–Trinajstić information content (AvgIpc) is 2.66. The highest BCUT2D eigenvalue weighted by molar-refractivity contribution is 6.30. The Balaban J connectivity index is 1.46. The first-order chi connectivity index (χ1) is 13.9. The Labute approximate surface area is 172 Å². The van der Waals surface area contributed by atoms with Crippen LogP contribution in [0.1, 0.15) is 38.3 Å². The SMILES string of the molecule is CC(=O)OC1CCC(C(=O)NCc2cnc(Nc3cc(F)cc(Cl)c3)nn2)CC1. The Bertz CT molecular complexity index is 852. The summed E-state index contributed by atoms with van der Waals surface area (Å²) < 4.78 is 18.5. The lowest BCUT2D eigenvalue weighted by Crippen LogP contribution is -2.35. The van der Waals surface area contributed by atoms with Crippen LogP contribution >= 0.6 is 11.6 Å². The summed E-state index contributed by atoms with van der Waals surface area (Å²) in [5.74, 6) is -0.756. The molecule has 1 aromatic heterocycles. The number of ether oxygens (including phenoxy) is 1. The average molecular weight is 422 g/mol. The lowest BCUT2D eigenvalue weighted by molar-refractivity contribution is -0.148. The van der Waals surface area contributed by atoms with Crippen molar-refractivity contribution in [2.75, 3.05) is 5.32 Å². The second-order valence-corrected chi connectivity index (χ2v) is 7.29. The van der Waals surface area contributed by atoms with E-state index in [1.807, 2.05) is 0 Å². The molecule has 0 spiro atoms. The second-order valence-electron chi connectivity index (χ2n) is 6.86. The Morgan fingerprint density at radius 2 is 1.97 bits per heavy atom. The van der Waals surface area contributed by atoms with Gasteiger partial charge in [0, 0.05) is 23.6 Å². The number of nitrogens with zero attached hydrogens (tertiary/aromatic N) is 3. The molecule has 1 aliphatic rings. The molecule has 3 rings (SSSR count). The maximum Gasteiger partial charge on any atom is 0.302 e. The van der Waals surface area contributed by atoms with Gasteiger partial charge in [0.25, 0.3) is 0 Å². The predicted octanol–water partition coefficient (Wildman–Crippen LogP) is 3.15. The molecule has 1 fully saturated rings. The van der Waals surface area contributed by atoms with E-state index in [4.69, 9.17) is 16.3 Å². The molecule has 2 aromatic rings. The summed E-state index contributed by atoms with van der Waals surface area (Å²) in [5, 5.41) is 13.8. The molecular formula is C19H21ClFN5O3. The number of rotatable bonds is 6. The van der Waals surface area contributed by atoms with Crippen molar-refractivity contribution in [2.24, 2.45) is 5.92 Å². The highest BCUT2D eigenvalue weighted by Gasteiger charge is 2.27. The number of amides is 1. The van der Waals surface area contributed by atoms with Gasteiger partial charge in [-0.1, -0.05) is 11.6 Å². The van der Waals surface area contributed by atoms with Gasteiger partial charge >= 0.3 is 5.97 Å². The Kier molecular flexibility index (Phi) is 6.92. The normalized spacial score (nSPS) is 18.7. The summed E-state index contributed by atoms with van der Waals surface area (Å²) in [7, 11) is 0. The topological polar surface area (TPSA) is 106 Å². The Hall–Kier alpha value is -2.81. The van der Waals surface area contributed by atoms with Crippen LogP contribution in [0.25, 0.3) is 0 Å². The summed E-state index contributed by atoms with van der Waals surface area (Å²) >= 11 is 5.81. The van der Waals surface area contributed by atoms with Crippen LogP contribution in [0, 0.1) is 11.7 Å². The number of nitrogens with one attached hydrogen (secondary N) is 2. The van der Waals surface area contributed by atoms with E-state index in [1.54, 1.807) is 0 Å². The van der Waals surface area contributed by atoms with Crippen LogP contribution in [-0.4, -0.2) is 33.2 Å². The maximum absolute atomic E-state index is 13.4. The van der Waals surface area contributed by atoms with Gasteiger partial charge in [0.05, 0.1) is 12.7 Å². The minimum Gasteiger partial charge on any atom is -0.463 e. The minimum absolute atomic E-state index is 0.0651. The van der Waals surface area contributed by atoms with Gasteiger partial charge in [-0.3, -0.25) is 9.59 Å². The molecule has 10 heteroatoms. The molecule has 154 valence electrons. The number of aromatic nitrogens is 3. The van der Waals surface area contributed by atoms with Gasteiger partial charge in [-0.15, -0.1) is 10.2 Å². The molecule has 1 saturated carbocycles. The van der Waals surface area contributed by atoms with E-state index < -0.39 is 5.82 Å². The van der Waals surface area contributed by atoms with Crippen LogP contribution in [0.5, 0.6) is 0 Å². The van der Waals surface area contributed by atoms with Crippen molar-refractivity contribution >= 4 is 35.1 Å². The van der Waals surface area contributed by atoms with Gasteiger partial charge in [0.15, 0.2) is 0 Å². The first-order valence-corrected chi connectivity index (χ1v) is 9.63. The number of hydrogen-bond donors (Lipinski definition) is 2. The first-order valence-electron chi connectivity index (χ1n) is 9.25. The Morgan fingerprint density at radius 3 is 2.59 bits per heavy atom. The van der Waals surface area contributed by atoms with E-state index in [9.17, 15) is 14.0 Å². The molecule has 0 unspecified atom stereocenters. The molecule has 0 aliphatic heterocycles. The van der Waals surface area contributed by atoms with Crippen molar-refractivity contribution in [1.82, 2.24) is 20.5 Å². The minimum atomic E-state index is -0.478. The highest BCUT2D eigenvalue weighted by atomic mass is 35.5. The number of benzene rings is 1. The third kappa shape index (κ3) is 6.35. The molecule has 0 saturated heterocycles. The molecular weight excluding hydrogens is 401 g/mol. The fourth-order valence-electron chi connectivity index (χ4n) is 3.19. The van der Waals surface area contributed by atoms with Crippen molar-refractivity contribution in [2.45, 2.75) is 45.3 Å². The van der Waals surface area contributed by atoms with Gasteiger partial charge < -0.3 is 15.4 Å². The molecule has 0 bridgehead atoms. The van der Waals surface area contributed by atoms with E-state index in [0.29, 0.717) is 37.1 Å². The lowest BCUT2D eigenvalue weighted by Gasteiger charge is -2.27. The number of carbonyl (C=O) groups excluding carboxylic acids is 2. The summed E-state index contributed by atoms with van der Waals surface area (Å²) in [5.41, 5.74) is 0.900. The van der Waals surface area contributed by atoms with E-state index in [-0.39, 0.29) is 41.4 Å². The lowest BCUT2D eigenvalue weighted by atomic mass is 9.87. The smallest absolute Gasteiger partial charge is 0.302 e. The van der Waals surface area contributed by atoms with Crippen molar-refractivity contribution in [3.05, 3.63) is 40.9 Å². The van der Waals surface area contributed by atoms with Crippen LogP contribution in [-0.2, 0) is 20.9 Å². The number of hydrogen-bond acceptors (Lipinski definition) is 7. The molecule has 1 amide bonds. The Morgan fingerprint density at radius 1 is 1.21 bits per heavy atom. The number of carbonyl (C=O) groups is 2. The standard InChI is InChI=1S/C19H21ClFN5O3/c1-11(27)29-17-4-2-12(3-5-17)18(28)22-9-16-10-23-19(26-25-16)24-15-7-13(20)6-14(21)8-15/h6-8,10,12,17H,2-5,9H2,1H3,(H,22,28)(H,23,24,26). The summed E-state index contributed by atoms with van der Waals surface area (Å²) in [6, 6.07) is 4.00. The molecule has 29 heavy (non-hydrogen) atoms. The van der Waals surface area contributed by atoms with Crippen LogP contribution in [0.3, 0.4) is 0 Å². The van der Waals surface area contributed by atoms with Gasteiger partial charge in [0.2, 0.25) is 11.9 Å². The van der Waals surface area contributed by atoms with Crippen molar-refractivity contribution in [3.63, 3.8) is 0 Å². The molecule has 2 N–H and O–H groups in total. The molecule has 8 nitrogen and oxygen atoms in total. The largest absolute Gasteiger partial charge is 0.463 e. The zero-order valence-corrected chi connectivity index (χ0v) is 16.6. The zero-order chi connectivity index (χ0) is 20.8. The molecule has 0 atom stereocenters. The van der Waals surface area contributed by atoms with Crippen LogP contribution in [0.2, 0.25) is 5.02 Å². The third-order valence-corrected chi connectivity index (χ3v) is 4.77. The van der Waals surface area contributed by atoms with Crippen LogP contribution in [0.15, 0.2) is 24.4 Å². The first kappa shape index (κ1) is 20.9. The maximum atomic E-state index is 13.4. The molecule has 1 aromatic carbocycles. The highest BCUT2D eigenvalue weighted by Crippen LogP contribution is 2.26. The fourth-order valence-corrected chi connectivity index (χ4v) is 3.41. The number of anilines is 2.